The van der Waals surface area contributed by atoms with Crippen LogP contribution in [0.1, 0.15) is 78.2 Å². The molecule has 1 aliphatic rings. The summed E-state index contributed by atoms with van der Waals surface area (Å²) in [6.07, 6.45) is 5.03. The highest BCUT2D eigenvalue weighted by molar-refractivity contribution is 5.83. The van der Waals surface area contributed by atoms with Crippen LogP contribution < -0.4 is 5.32 Å². The number of fused-ring (bicyclic) bond motifs is 1. The summed E-state index contributed by atoms with van der Waals surface area (Å²) >= 11 is 0. The molecule has 8 nitrogen and oxygen atoms in total. The maximum atomic E-state index is 12.0. The molecule has 0 spiro atoms. The van der Waals surface area contributed by atoms with Crippen molar-refractivity contribution in [2.24, 2.45) is 0 Å². The number of carbonyl (C=O) groups excluding carboxylic acids is 1. The fraction of sp³-hybridized carbons (Fsp3) is 0.565. The Bertz CT molecular complexity index is 1050. The number of benzene rings is 1. The van der Waals surface area contributed by atoms with Crippen molar-refractivity contribution in [1.29, 1.82) is 0 Å². The SMILES string of the molecule is CC(C)n1ncc2ccc(-c3noc([C@H]4CC[C@H](NC(=O)OC(C)(C)C)CC4)n3)cc21. The Balaban J connectivity index is 1.40. The van der Waals surface area contributed by atoms with Gasteiger partial charge in [0.1, 0.15) is 5.60 Å². The number of rotatable bonds is 4. The molecule has 2 aromatic heterocycles. The summed E-state index contributed by atoms with van der Waals surface area (Å²) in [6, 6.07) is 6.51. The van der Waals surface area contributed by atoms with Crippen LogP contribution in [-0.2, 0) is 4.74 Å². The first kappa shape index (κ1) is 21.3. The van der Waals surface area contributed by atoms with Crippen LogP contribution in [0.2, 0.25) is 0 Å². The Morgan fingerprint density at radius 1 is 1.23 bits per heavy atom. The summed E-state index contributed by atoms with van der Waals surface area (Å²) in [6.45, 7) is 9.82. The van der Waals surface area contributed by atoms with E-state index in [1.54, 1.807) is 0 Å². The number of carbonyl (C=O) groups is 1. The second-order valence-electron chi connectivity index (χ2n) is 9.61. The zero-order valence-corrected chi connectivity index (χ0v) is 18.9. The fourth-order valence-electron chi connectivity index (χ4n) is 4.07. The molecule has 4 rings (SSSR count). The van der Waals surface area contributed by atoms with Crippen molar-refractivity contribution >= 4 is 17.0 Å². The van der Waals surface area contributed by atoms with Gasteiger partial charge in [-0.2, -0.15) is 10.1 Å². The van der Waals surface area contributed by atoms with Crippen molar-refractivity contribution in [2.75, 3.05) is 0 Å². The van der Waals surface area contributed by atoms with Gasteiger partial charge in [0.2, 0.25) is 11.7 Å². The van der Waals surface area contributed by atoms with Crippen molar-refractivity contribution in [3.8, 4) is 11.4 Å². The van der Waals surface area contributed by atoms with E-state index in [9.17, 15) is 4.79 Å². The molecule has 3 aromatic rings. The average Bonchev–Trinajstić information content (AvgIpc) is 3.34. The highest BCUT2D eigenvalue weighted by Crippen LogP contribution is 2.33. The second-order valence-corrected chi connectivity index (χ2v) is 9.61. The van der Waals surface area contributed by atoms with Crippen molar-refractivity contribution in [1.82, 2.24) is 25.2 Å². The highest BCUT2D eigenvalue weighted by atomic mass is 16.6. The summed E-state index contributed by atoms with van der Waals surface area (Å²) in [5, 5.41) is 12.8. The summed E-state index contributed by atoms with van der Waals surface area (Å²) in [5.74, 6) is 1.48. The van der Waals surface area contributed by atoms with E-state index in [4.69, 9.17) is 9.26 Å². The smallest absolute Gasteiger partial charge is 0.407 e. The molecular weight excluding hydrogens is 394 g/mol. The van der Waals surface area contributed by atoms with Crippen molar-refractivity contribution in [3.63, 3.8) is 0 Å². The number of nitrogens with zero attached hydrogens (tertiary/aromatic N) is 4. The lowest BCUT2D eigenvalue weighted by Crippen LogP contribution is -2.40. The molecule has 8 heteroatoms. The molecule has 0 atom stereocenters. The minimum atomic E-state index is -0.489. The maximum absolute atomic E-state index is 12.0. The standard InChI is InChI=1S/C23H31N5O3/c1-14(2)28-19-12-16(6-7-17(19)13-24-28)20-26-21(31-27-20)15-8-10-18(11-9-15)25-22(29)30-23(3,4)5/h6-7,12-15,18H,8-11H2,1-5H3,(H,25,29)/t15-,18-. The van der Waals surface area contributed by atoms with Gasteiger partial charge in [-0.3, -0.25) is 4.68 Å². The maximum Gasteiger partial charge on any atom is 0.407 e. The molecule has 166 valence electrons. The molecule has 0 unspecified atom stereocenters. The van der Waals surface area contributed by atoms with E-state index in [1.165, 1.54) is 0 Å². The third-order valence-corrected chi connectivity index (χ3v) is 5.58. The van der Waals surface area contributed by atoms with Crippen LogP contribution in [0.15, 0.2) is 28.9 Å². The lowest BCUT2D eigenvalue weighted by atomic mass is 9.86. The Morgan fingerprint density at radius 3 is 2.65 bits per heavy atom. The molecular formula is C23H31N5O3. The lowest BCUT2D eigenvalue weighted by Gasteiger charge is -2.28. The van der Waals surface area contributed by atoms with Crippen LogP contribution in [0, 0.1) is 0 Å². The molecule has 1 fully saturated rings. The molecule has 1 aromatic carbocycles. The molecule has 0 aliphatic heterocycles. The van der Waals surface area contributed by atoms with Gasteiger partial charge in [0.05, 0.1) is 11.7 Å². The lowest BCUT2D eigenvalue weighted by molar-refractivity contribution is 0.0490. The molecule has 0 bridgehead atoms. The molecule has 1 N–H and O–H groups in total. The van der Waals surface area contributed by atoms with Crippen LogP contribution in [0.4, 0.5) is 4.79 Å². The summed E-state index contributed by atoms with van der Waals surface area (Å²) in [4.78, 5) is 16.7. The van der Waals surface area contributed by atoms with Crippen LogP contribution in [-0.4, -0.2) is 37.7 Å². The first-order chi connectivity index (χ1) is 14.7. The Kier molecular flexibility index (Phi) is 5.73. The zero-order chi connectivity index (χ0) is 22.2. The Labute approximate surface area is 182 Å². The number of hydrogen-bond donors (Lipinski definition) is 1. The van der Waals surface area contributed by atoms with Crippen molar-refractivity contribution in [3.05, 3.63) is 30.3 Å². The molecule has 0 saturated heterocycles. The van der Waals surface area contributed by atoms with E-state index in [0.717, 1.165) is 42.1 Å². The monoisotopic (exact) mass is 425 g/mol. The zero-order valence-electron chi connectivity index (χ0n) is 18.9. The second kappa shape index (κ2) is 8.32. The molecule has 1 saturated carbocycles. The van der Waals surface area contributed by atoms with Crippen LogP contribution in [0.3, 0.4) is 0 Å². The minimum absolute atomic E-state index is 0.118. The third-order valence-electron chi connectivity index (χ3n) is 5.58. The van der Waals surface area contributed by atoms with E-state index in [-0.39, 0.29) is 24.1 Å². The van der Waals surface area contributed by atoms with Gasteiger partial charge in [-0.1, -0.05) is 17.3 Å². The van der Waals surface area contributed by atoms with E-state index >= 15 is 0 Å². The number of aromatic nitrogens is 4. The minimum Gasteiger partial charge on any atom is -0.444 e. The first-order valence-electron chi connectivity index (χ1n) is 11.0. The van der Waals surface area contributed by atoms with Crippen LogP contribution in [0.25, 0.3) is 22.3 Å². The van der Waals surface area contributed by atoms with Gasteiger partial charge < -0.3 is 14.6 Å². The van der Waals surface area contributed by atoms with E-state index in [0.29, 0.717) is 11.7 Å². The van der Waals surface area contributed by atoms with Gasteiger partial charge >= 0.3 is 6.09 Å². The molecule has 31 heavy (non-hydrogen) atoms. The summed E-state index contributed by atoms with van der Waals surface area (Å²) in [5.41, 5.74) is 1.50. The van der Waals surface area contributed by atoms with Crippen LogP contribution in [0.5, 0.6) is 0 Å². The normalized spacial score (nSPS) is 19.7. The first-order valence-corrected chi connectivity index (χ1v) is 11.0. The quantitative estimate of drug-likeness (QED) is 0.616. The summed E-state index contributed by atoms with van der Waals surface area (Å²) in [7, 11) is 0. The Morgan fingerprint density at radius 2 is 1.97 bits per heavy atom. The van der Waals surface area contributed by atoms with Gasteiger partial charge in [-0.15, -0.1) is 0 Å². The van der Waals surface area contributed by atoms with E-state index < -0.39 is 5.60 Å². The molecule has 1 aliphatic carbocycles. The van der Waals surface area contributed by atoms with Gasteiger partial charge in [0.25, 0.3) is 0 Å². The number of hydrogen-bond acceptors (Lipinski definition) is 6. The number of amides is 1. The fourth-order valence-corrected chi connectivity index (χ4v) is 4.07. The Hall–Kier alpha value is -2.90. The topological polar surface area (TPSA) is 95.1 Å². The predicted molar refractivity (Wildman–Crippen MR) is 118 cm³/mol. The molecule has 1 amide bonds. The largest absolute Gasteiger partial charge is 0.444 e. The van der Waals surface area contributed by atoms with Crippen molar-refractivity contribution < 1.29 is 14.1 Å². The highest BCUT2D eigenvalue weighted by Gasteiger charge is 2.28. The average molecular weight is 426 g/mol. The van der Waals surface area contributed by atoms with Crippen molar-refractivity contribution in [2.45, 2.75) is 83.9 Å². The number of alkyl carbamates (subject to hydrolysis) is 1. The number of nitrogens with one attached hydrogen (secondary N) is 1. The van der Waals surface area contributed by atoms with E-state index in [1.807, 2.05) is 43.8 Å². The van der Waals surface area contributed by atoms with Gasteiger partial charge in [0.15, 0.2) is 0 Å². The predicted octanol–water partition coefficient (Wildman–Crippen LogP) is 5.22. The molecule has 0 radical (unpaired) electrons. The molecule has 2 heterocycles. The van der Waals surface area contributed by atoms with Gasteiger partial charge in [-0.25, -0.2) is 4.79 Å². The number of ether oxygens (including phenoxy) is 1. The van der Waals surface area contributed by atoms with Crippen LogP contribution >= 0.6 is 0 Å². The third kappa shape index (κ3) is 4.89. The summed E-state index contributed by atoms with van der Waals surface area (Å²) < 4.78 is 13.0. The van der Waals surface area contributed by atoms with E-state index in [2.05, 4.69) is 40.5 Å². The van der Waals surface area contributed by atoms with Gasteiger partial charge in [0, 0.05) is 29.0 Å². The van der Waals surface area contributed by atoms with Gasteiger partial charge in [-0.05, 0) is 66.4 Å².